The number of rotatable bonds is 6. The quantitative estimate of drug-likeness (QED) is 0.564. The van der Waals surface area contributed by atoms with Crippen LogP contribution < -0.4 is 0 Å². The van der Waals surface area contributed by atoms with Gasteiger partial charge in [-0.05, 0) is 38.9 Å². The third-order valence-corrected chi connectivity index (χ3v) is 2.82. The van der Waals surface area contributed by atoms with Crippen molar-refractivity contribution in [2.45, 2.75) is 40.0 Å². The van der Waals surface area contributed by atoms with Gasteiger partial charge in [0.15, 0.2) is 0 Å². The van der Waals surface area contributed by atoms with Crippen LogP contribution in [0.2, 0.25) is 0 Å². The third kappa shape index (κ3) is 4.62. The average Bonchev–Trinajstić information content (AvgIpc) is 2.19. The second-order valence-electron chi connectivity index (χ2n) is 4.61. The highest BCUT2D eigenvalue weighted by molar-refractivity contribution is 6.64. The molecule has 0 amide bonds. The van der Waals surface area contributed by atoms with E-state index in [1.54, 1.807) is 0 Å². The van der Waals surface area contributed by atoms with E-state index in [1.165, 1.54) is 61.5 Å². The maximum atomic E-state index is 2.56. The molecule has 1 aliphatic heterocycles. The van der Waals surface area contributed by atoms with Crippen molar-refractivity contribution in [2.24, 2.45) is 0 Å². The molecule has 1 heterocycles. The van der Waals surface area contributed by atoms with Crippen LogP contribution in [0.25, 0.3) is 0 Å². The summed E-state index contributed by atoms with van der Waals surface area (Å²) in [6.45, 7) is 10.5. The molecule has 3 nitrogen and oxygen atoms in total. The minimum absolute atomic E-state index is 1.17. The Morgan fingerprint density at radius 1 is 0.600 bits per heavy atom. The summed E-state index contributed by atoms with van der Waals surface area (Å²) in [6, 6.07) is 0. The minimum atomic E-state index is 1.17. The predicted octanol–water partition coefficient (Wildman–Crippen LogP) is -0.0645. The molecule has 0 radical (unpaired) electrons. The van der Waals surface area contributed by atoms with Crippen molar-refractivity contribution in [3.05, 3.63) is 0 Å². The molecular formula is C9H24B3N3. The number of hydrogen-bond acceptors (Lipinski definition) is 3. The molecule has 1 aliphatic rings. The Morgan fingerprint density at radius 3 is 1.07 bits per heavy atom. The minimum Gasteiger partial charge on any atom is -0.363 e. The molecule has 1 saturated heterocycles. The van der Waals surface area contributed by atoms with Gasteiger partial charge in [0.2, 0.25) is 0 Å². The van der Waals surface area contributed by atoms with Gasteiger partial charge in [-0.15, -0.1) is 0 Å². The molecule has 0 aromatic heterocycles. The van der Waals surface area contributed by atoms with E-state index >= 15 is 0 Å². The largest absolute Gasteiger partial charge is 0.363 e. The number of hydrogen-bond donors (Lipinski definition) is 0. The van der Waals surface area contributed by atoms with Crippen LogP contribution in [0.15, 0.2) is 0 Å². The Balaban J connectivity index is 2.40. The first-order chi connectivity index (χ1) is 7.30. The molecule has 0 unspecified atom stereocenters. The van der Waals surface area contributed by atoms with Crippen molar-refractivity contribution in [1.29, 1.82) is 0 Å². The van der Waals surface area contributed by atoms with E-state index in [0.717, 1.165) is 0 Å². The average molecular weight is 207 g/mol. The molecule has 0 bridgehead atoms. The first-order valence-corrected chi connectivity index (χ1v) is 6.47. The lowest BCUT2D eigenvalue weighted by Gasteiger charge is -2.40. The second kappa shape index (κ2) is 7.36. The lowest BCUT2D eigenvalue weighted by molar-refractivity contribution is 0.471. The van der Waals surface area contributed by atoms with Crippen LogP contribution in [0.3, 0.4) is 0 Å². The molecule has 0 saturated carbocycles. The maximum Gasteiger partial charge on any atom is 0.270 e. The van der Waals surface area contributed by atoms with Gasteiger partial charge in [-0.3, -0.25) is 0 Å². The molecule has 15 heavy (non-hydrogen) atoms. The van der Waals surface area contributed by atoms with Crippen molar-refractivity contribution in [1.82, 2.24) is 14.2 Å². The monoisotopic (exact) mass is 207 g/mol. The van der Waals surface area contributed by atoms with Crippen LogP contribution in [0.5, 0.6) is 0 Å². The molecule has 0 aromatic carbocycles. The Hall–Kier alpha value is 0.0748. The van der Waals surface area contributed by atoms with E-state index in [0.29, 0.717) is 0 Å². The van der Waals surface area contributed by atoms with Gasteiger partial charge in [-0.25, -0.2) is 0 Å². The first kappa shape index (κ1) is 13.1. The Labute approximate surface area is 97.0 Å². The smallest absolute Gasteiger partial charge is 0.270 e. The maximum absolute atomic E-state index is 2.56. The molecule has 0 spiro atoms. The van der Waals surface area contributed by atoms with Crippen LogP contribution in [0.1, 0.15) is 40.0 Å². The zero-order chi connectivity index (χ0) is 11.1. The summed E-state index contributed by atoms with van der Waals surface area (Å²) in [5.74, 6) is 0. The lowest BCUT2D eigenvalue weighted by Crippen LogP contribution is -2.61. The molecule has 1 rings (SSSR count). The molecule has 0 atom stereocenters. The van der Waals surface area contributed by atoms with Gasteiger partial charge in [0.25, 0.3) is 22.6 Å². The Morgan fingerprint density at radius 2 is 0.867 bits per heavy atom. The van der Waals surface area contributed by atoms with E-state index in [9.17, 15) is 0 Å². The topological polar surface area (TPSA) is 9.72 Å². The summed E-state index contributed by atoms with van der Waals surface area (Å²) in [7, 11) is 3.51. The van der Waals surface area contributed by atoms with Gasteiger partial charge in [-0.2, -0.15) is 0 Å². The third-order valence-electron chi connectivity index (χ3n) is 2.82. The van der Waals surface area contributed by atoms with E-state index in [-0.39, 0.29) is 0 Å². The van der Waals surface area contributed by atoms with Gasteiger partial charge < -0.3 is 14.2 Å². The van der Waals surface area contributed by atoms with Crippen molar-refractivity contribution >= 4 is 22.6 Å². The standard InChI is InChI=1S/C9H24B3N3/c1-4-7-13-10-14(8-5-2)12-15(11-13)9-6-3/h10-12H,4-9H2,1-3H3. The highest BCUT2D eigenvalue weighted by Crippen LogP contribution is 2.03. The molecule has 0 N–H and O–H groups in total. The summed E-state index contributed by atoms with van der Waals surface area (Å²) in [6.07, 6.45) is 3.79. The summed E-state index contributed by atoms with van der Waals surface area (Å²) in [4.78, 5) is 0. The van der Waals surface area contributed by atoms with Crippen molar-refractivity contribution in [3.8, 4) is 0 Å². The second-order valence-corrected chi connectivity index (χ2v) is 4.61. The highest BCUT2D eigenvalue weighted by atomic mass is 15.3. The first-order valence-electron chi connectivity index (χ1n) is 6.47. The molecule has 6 heteroatoms. The summed E-state index contributed by atoms with van der Waals surface area (Å²) >= 11 is 0. The zero-order valence-corrected chi connectivity index (χ0v) is 10.7. The number of nitrogens with zero attached hydrogens (tertiary/aromatic N) is 3. The van der Waals surface area contributed by atoms with Gasteiger partial charge in [0.1, 0.15) is 0 Å². The van der Waals surface area contributed by atoms with Crippen LogP contribution in [-0.4, -0.2) is 56.4 Å². The SMILES string of the molecule is CCCN1BN(CCC)BN(CCC)B1. The fourth-order valence-electron chi connectivity index (χ4n) is 2.36. The van der Waals surface area contributed by atoms with E-state index in [2.05, 4.69) is 34.9 Å². The molecule has 0 aromatic rings. The van der Waals surface area contributed by atoms with Gasteiger partial charge >= 0.3 is 0 Å². The Kier molecular flexibility index (Phi) is 6.45. The van der Waals surface area contributed by atoms with Crippen LogP contribution in [0, 0.1) is 0 Å². The zero-order valence-electron chi connectivity index (χ0n) is 10.7. The fraction of sp³-hybridized carbons (Fsp3) is 1.00. The summed E-state index contributed by atoms with van der Waals surface area (Å²) in [5.41, 5.74) is 0. The lowest BCUT2D eigenvalue weighted by atomic mass is 9.73. The van der Waals surface area contributed by atoms with Gasteiger partial charge in [0.05, 0.1) is 0 Å². The fourth-order valence-corrected chi connectivity index (χ4v) is 2.36. The van der Waals surface area contributed by atoms with Crippen LogP contribution >= 0.6 is 0 Å². The highest BCUT2D eigenvalue weighted by Gasteiger charge is 2.25. The Bertz CT molecular complexity index is 136. The van der Waals surface area contributed by atoms with Crippen LogP contribution in [-0.2, 0) is 0 Å². The van der Waals surface area contributed by atoms with Crippen LogP contribution in [0.4, 0.5) is 0 Å². The van der Waals surface area contributed by atoms with Crippen molar-refractivity contribution in [3.63, 3.8) is 0 Å². The molecule has 0 aliphatic carbocycles. The molecule has 1 fully saturated rings. The van der Waals surface area contributed by atoms with Crippen molar-refractivity contribution in [2.75, 3.05) is 19.6 Å². The van der Waals surface area contributed by atoms with Gasteiger partial charge in [0, 0.05) is 0 Å². The van der Waals surface area contributed by atoms with Crippen molar-refractivity contribution < 1.29 is 0 Å². The summed E-state index contributed by atoms with van der Waals surface area (Å²) < 4.78 is 7.69. The van der Waals surface area contributed by atoms with Gasteiger partial charge in [-0.1, -0.05) is 20.8 Å². The van der Waals surface area contributed by atoms with E-state index < -0.39 is 0 Å². The molecular weight excluding hydrogens is 183 g/mol. The van der Waals surface area contributed by atoms with E-state index in [4.69, 9.17) is 0 Å². The molecule has 84 valence electrons. The summed E-state index contributed by atoms with van der Waals surface area (Å²) in [5, 5.41) is 0. The van der Waals surface area contributed by atoms with E-state index in [1.807, 2.05) is 0 Å². The normalized spacial score (nSPS) is 19.4. The predicted molar refractivity (Wildman–Crippen MR) is 72.4 cm³/mol.